The highest BCUT2D eigenvalue weighted by Gasteiger charge is 2.30. The van der Waals surface area contributed by atoms with E-state index in [0.29, 0.717) is 0 Å². The monoisotopic (exact) mass is 247 g/mol. The van der Waals surface area contributed by atoms with Crippen LogP contribution >= 0.6 is 0 Å². The molecule has 0 bridgehead atoms. The first-order valence-corrected chi connectivity index (χ1v) is 8.29. The molecular weight excluding hydrogens is 222 g/mol. The smallest absolute Gasteiger partial charge is 0.334 e. The van der Waals surface area contributed by atoms with Crippen LogP contribution in [0.15, 0.2) is 0 Å². The summed E-state index contributed by atoms with van der Waals surface area (Å²) < 4.78 is 11.5. The average Bonchev–Trinajstić information content (AvgIpc) is 2.17. The summed E-state index contributed by atoms with van der Waals surface area (Å²) in [5, 5.41) is 5.40. The van der Waals surface area contributed by atoms with E-state index < -0.39 is 8.56 Å². The van der Waals surface area contributed by atoms with Crippen molar-refractivity contribution in [1.82, 2.24) is 0 Å². The molecule has 0 heterocycles. The SMILES string of the molecule is CCO[Si](C)(CCC(C)C)OCC.N=C=O. The molecule has 0 saturated heterocycles. The Hall–Kier alpha value is -0.483. The summed E-state index contributed by atoms with van der Waals surface area (Å²) >= 11 is 0. The van der Waals surface area contributed by atoms with Gasteiger partial charge in [-0.2, -0.15) is 0 Å². The Bertz CT molecular complexity index is 186. The fraction of sp³-hybridized carbons (Fsp3) is 0.909. The Morgan fingerprint density at radius 1 is 1.25 bits per heavy atom. The van der Waals surface area contributed by atoms with Gasteiger partial charge in [0.1, 0.15) is 0 Å². The van der Waals surface area contributed by atoms with E-state index in [-0.39, 0.29) is 0 Å². The van der Waals surface area contributed by atoms with Gasteiger partial charge in [0.05, 0.1) is 0 Å². The van der Waals surface area contributed by atoms with Crippen molar-refractivity contribution in [3.05, 3.63) is 0 Å². The van der Waals surface area contributed by atoms with Gasteiger partial charge in [0, 0.05) is 13.2 Å². The third kappa shape index (κ3) is 11.6. The summed E-state index contributed by atoms with van der Waals surface area (Å²) in [5.74, 6) is 0.743. The molecule has 0 radical (unpaired) electrons. The Morgan fingerprint density at radius 2 is 1.62 bits per heavy atom. The fourth-order valence-corrected chi connectivity index (χ4v) is 4.04. The van der Waals surface area contributed by atoms with Crippen molar-refractivity contribution < 1.29 is 13.6 Å². The summed E-state index contributed by atoms with van der Waals surface area (Å²) in [6.45, 7) is 12.3. The number of hydrogen-bond acceptors (Lipinski definition) is 4. The molecule has 0 aromatic heterocycles. The standard InChI is InChI=1S/C10H24O2Si.CHNO/c1-6-11-13(5,12-7-2)9-8-10(3)4;2-1-3/h10H,6-9H2,1-5H3;2H. The van der Waals surface area contributed by atoms with Crippen LogP contribution in [0, 0.1) is 11.3 Å². The molecule has 0 atom stereocenters. The van der Waals surface area contributed by atoms with Crippen LogP contribution < -0.4 is 0 Å². The van der Waals surface area contributed by atoms with Gasteiger partial charge in [-0.05, 0) is 38.8 Å². The van der Waals surface area contributed by atoms with E-state index in [0.717, 1.165) is 31.3 Å². The minimum atomic E-state index is -1.81. The summed E-state index contributed by atoms with van der Waals surface area (Å²) in [4.78, 5) is 8.35. The van der Waals surface area contributed by atoms with Gasteiger partial charge in [-0.25, -0.2) is 10.2 Å². The van der Waals surface area contributed by atoms with Crippen LogP contribution in [0.5, 0.6) is 0 Å². The molecule has 1 N–H and O–H groups in total. The number of isocyanates is 1. The molecule has 0 aliphatic rings. The van der Waals surface area contributed by atoms with Gasteiger partial charge in [-0.3, -0.25) is 0 Å². The van der Waals surface area contributed by atoms with Gasteiger partial charge in [0.25, 0.3) is 0 Å². The third-order valence-electron chi connectivity index (χ3n) is 2.08. The maximum Gasteiger partial charge on any atom is 0.334 e. The van der Waals surface area contributed by atoms with Crippen LogP contribution in [0.2, 0.25) is 12.6 Å². The van der Waals surface area contributed by atoms with Crippen LogP contribution in [0.3, 0.4) is 0 Å². The Kier molecular flexibility index (Phi) is 12.3. The molecule has 4 nitrogen and oxygen atoms in total. The van der Waals surface area contributed by atoms with Crippen LogP contribution in [0.4, 0.5) is 0 Å². The molecule has 0 spiro atoms. The van der Waals surface area contributed by atoms with Gasteiger partial charge < -0.3 is 8.85 Å². The predicted octanol–water partition coefficient (Wildman–Crippen LogP) is 3.08. The molecule has 0 rings (SSSR count). The molecule has 0 aliphatic heterocycles. The molecule has 0 aromatic carbocycles. The lowest BCUT2D eigenvalue weighted by molar-refractivity contribution is 0.187. The molecule has 0 saturated carbocycles. The molecule has 0 aromatic rings. The van der Waals surface area contributed by atoms with E-state index in [1.165, 1.54) is 6.42 Å². The van der Waals surface area contributed by atoms with Crippen molar-refractivity contribution >= 4 is 14.6 Å². The van der Waals surface area contributed by atoms with E-state index in [1.807, 2.05) is 13.8 Å². The first-order valence-electron chi connectivity index (χ1n) is 5.77. The molecule has 16 heavy (non-hydrogen) atoms. The highest BCUT2D eigenvalue weighted by Crippen LogP contribution is 2.19. The summed E-state index contributed by atoms with van der Waals surface area (Å²) in [6, 6.07) is 1.12. The summed E-state index contributed by atoms with van der Waals surface area (Å²) in [5.41, 5.74) is 0. The number of nitrogens with one attached hydrogen (secondary N) is 1. The molecule has 0 unspecified atom stereocenters. The van der Waals surface area contributed by atoms with Gasteiger partial charge in [-0.15, -0.1) is 0 Å². The topological polar surface area (TPSA) is 59.4 Å². The van der Waals surface area contributed by atoms with E-state index in [2.05, 4.69) is 20.4 Å². The number of hydrogen-bond donors (Lipinski definition) is 1. The quantitative estimate of drug-likeness (QED) is 0.427. The zero-order valence-corrected chi connectivity index (χ0v) is 12.1. The van der Waals surface area contributed by atoms with Crippen molar-refractivity contribution in [3.63, 3.8) is 0 Å². The minimum absolute atomic E-state index is 0.743. The molecule has 0 aliphatic carbocycles. The maximum absolute atomic E-state index is 8.35. The molecule has 0 amide bonds. The number of rotatable bonds is 7. The fourth-order valence-electron chi connectivity index (χ4n) is 1.35. The Labute approximate surface area is 100 Å². The van der Waals surface area contributed by atoms with Crippen molar-refractivity contribution in [2.45, 2.75) is 46.7 Å². The minimum Gasteiger partial charge on any atom is -0.395 e. The van der Waals surface area contributed by atoms with Crippen molar-refractivity contribution in [2.24, 2.45) is 5.92 Å². The maximum atomic E-state index is 8.35. The van der Waals surface area contributed by atoms with E-state index in [1.54, 1.807) is 0 Å². The average molecular weight is 247 g/mol. The molecule has 0 fully saturated rings. The van der Waals surface area contributed by atoms with Crippen LogP contribution in [0.25, 0.3) is 0 Å². The lowest BCUT2D eigenvalue weighted by Gasteiger charge is -2.26. The van der Waals surface area contributed by atoms with Crippen molar-refractivity contribution in [1.29, 1.82) is 5.41 Å². The number of carbonyl (C=O) groups excluding carboxylic acids is 1. The van der Waals surface area contributed by atoms with Crippen molar-refractivity contribution in [3.8, 4) is 0 Å². The van der Waals surface area contributed by atoms with Gasteiger partial charge in [0.15, 0.2) is 0 Å². The first-order chi connectivity index (χ1) is 7.45. The highest BCUT2D eigenvalue weighted by atomic mass is 28.4. The lowest BCUT2D eigenvalue weighted by Crippen LogP contribution is -2.38. The van der Waals surface area contributed by atoms with E-state index >= 15 is 0 Å². The Morgan fingerprint density at radius 3 is 1.88 bits per heavy atom. The normalized spacial score (nSPS) is 10.6. The second-order valence-electron chi connectivity index (χ2n) is 4.03. The lowest BCUT2D eigenvalue weighted by atomic mass is 10.2. The second kappa shape index (κ2) is 11.0. The van der Waals surface area contributed by atoms with E-state index in [9.17, 15) is 0 Å². The van der Waals surface area contributed by atoms with Gasteiger partial charge >= 0.3 is 8.56 Å². The largest absolute Gasteiger partial charge is 0.395 e. The molecule has 96 valence electrons. The summed E-state index contributed by atoms with van der Waals surface area (Å²) in [6.07, 6.45) is 1.96. The molecular formula is C11H25NO3Si. The molecule has 5 heteroatoms. The van der Waals surface area contributed by atoms with Crippen LogP contribution in [0.1, 0.15) is 34.1 Å². The highest BCUT2D eigenvalue weighted by molar-refractivity contribution is 6.66. The first kappa shape index (κ1) is 17.9. The van der Waals surface area contributed by atoms with Crippen LogP contribution in [-0.4, -0.2) is 27.9 Å². The third-order valence-corrected chi connectivity index (χ3v) is 5.07. The predicted molar refractivity (Wildman–Crippen MR) is 67.5 cm³/mol. The Balaban J connectivity index is 0. The van der Waals surface area contributed by atoms with Gasteiger partial charge in [-0.1, -0.05) is 13.8 Å². The van der Waals surface area contributed by atoms with Gasteiger partial charge in [0.2, 0.25) is 6.08 Å². The second-order valence-corrected chi connectivity index (χ2v) is 7.38. The zero-order valence-electron chi connectivity index (χ0n) is 11.1. The summed E-state index contributed by atoms with van der Waals surface area (Å²) in [7, 11) is -1.81. The van der Waals surface area contributed by atoms with Crippen LogP contribution in [-0.2, 0) is 13.6 Å². The van der Waals surface area contributed by atoms with E-state index in [4.69, 9.17) is 19.1 Å². The zero-order chi connectivity index (χ0) is 13.0. The van der Waals surface area contributed by atoms with Crippen molar-refractivity contribution in [2.75, 3.05) is 13.2 Å².